The van der Waals surface area contributed by atoms with Crippen LogP contribution in [0.4, 0.5) is 5.13 Å². The zero-order valence-corrected chi connectivity index (χ0v) is 15.1. The van der Waals surface area contributed by atoms with Crippen LogP contribution in [-0.4, -0.2) is 38.1 Å². The molecule has 2 saturated carbocycles. The van der Waals surface area contributed by atoms with Crippen molar-refractivity contribution in [2.75, 3.05) is 11.9 Å². The molecule has 3 unspecified atom stereocenters. The number of carbonyl (C=O) groups is 1. The number of fused-ring (bicyclic) bond motifs is 2. The van der Waals surface area contributed by atoms with Gasteiger partial charge in [0.1, 0.15) is 0 Å². The molecule has 0 radical (unpaired) electrons. The molecule has 1 spiro atoms. The van der Waals surface area contributed by atoms with Crippen molar-refractivity contribution in [3.8, 4) is 0 Å². The minimum atomic E-state index is -3.64. The van der Waals surface area contributed by atoms with E-state index in [9.17, 15) is 13.2 Å². The lowest BCUT2D eigenvalue weighted by Gasteiger charge is -2.56. The molecule has 3 fully saturated rings. The molecule has 0 bridgehead atoms. The summed E-state index contributed by atoms with van der Waals surface area (Å²) in [5.74, 6) is 0.0108. The van der Waals surface area contributed by atoms with Gasteiger partial charge in [-0.2, -0.15) is 0 Å². The van der Waals surface area contributed by atoms with Gasteiger partial charge in [0.2, 0.25) is 5.91 Å². The van der Waals surface area contributed by atoms with Gasteiger partial charge in [0.15, 0.2) is 9.34 Å². The van der Waals surface area contributed by atoms with Crippen LogP contribution >= 0.6 is 11.3 Å². The molecular weight excluding hydrogens is 350 g/mol. The van der Waals surface area contributed by atoms with Crippen molar-refractivity contribution < 1.29 is 17.9 Å². The number of hydrogen-bond acceptors (Lipinski definition) is 6. The predicted molar refractivity (Wildman–Crippen MR) is 89.3 cm³/mol. The fraction of sp³-hybridized carbons (Fsp3) is 0.733. The Balaban J connectivity index is 1.55. The Bertz CT molecular complexity index is 755. The average molecular weight is 371 g/mol. The summed E-state index contributed by atoms with van der Waals surface area (Å²) in [6.45, 7) is 2.09. The van der Waals surface area contributed by atoms with Crippen molar-refractivity contribution in [1.82, 2.24) is 9.71 Å². The Morgan fingerprint density at radius 1 is 1.42 bits per heavy atom. The van der Waals surface area contributed by atoms with E-state index < -0.39 is 10.0 Å². The molecule has 2 heterocycles. The van der Waals surface area contributed by atoms with E-state index in [-0.39, 0.29) is 33.6 Å². The number of hydrogen-bond donors (Lipinski definition) is 2. The summed E-state index contributed by atoms with van der Waals surface area (Å²) >= 11 is 0.976. The largest absolute Gasteiger partial charge is 0.377 e. The topological polar surface area (TPSA) is 97.4 Å². The van der Waals surface area contributed by atoms with E-state index in [0.29, 0.717) is 5.13 Å². The normalized spacial score (nSPS) is 31.0. The van der Waals surface area contributed by atoms with Crippen LogP contribution in [0.2, 0.25) is 0 Å². The molecule has 7 nitrogen and oxygen atoms in total. The Morgan fingerprint density at radius 2 is 2.17 bits per heavy atom. The number of rotatable bonds is 4. The minimum Gasteiger partial charge on any atom is -0.377 e. The second kappa shape index (κ2) is 5.76. The van der Waals surface area contributed by atoms with Crippen molar-refractivity contribution >= 4 is 32.4 Å². The van der Waals surface area contributed by atoms with Gasteiger partial charge in [0, 0.05) is 30.9 Å². The van der Waals surface area contributed by atoms with Gasteiger partial charge in [0.05, 0.1) is 12.3 Å². The number of nitrogens with one attached hydrogen (secondary N) is 2. The van der Waals surface area contributed by atoms with Crippen molar-refractivity contribution in [2.45, 2.75) is 55.4 Å². The fourth-order valence-electron chi connectivity index (χ4n) is 4.68. The molecule has 1 saturated heterocycles. The van der Waals surface area contributed by atoms with E-state index in [1.807, 2.05) is 0 Å². The van der Waals surface area contributed by atoms with Gasteiger partial charge in [-0.15, -0.1) is 0 Å². The zero-order valence-electron chi connectivity index (χ0n) is 13.4. The number of thiazole rings is 1. The maximum Gasteiger partial charge on any atom is 0.252 e. The molecule has 0 aromatic carbocycles. The highest BCUT2D eigenvalue weighted by Crippen LogP contribution is 2.60. The van der Waals surface area contributed by atoms with Crippen LogP contribution in [-0.2, 0) is 19.6 Å². The smallest absolute Gasteiger partial charge is 0.252 e. The van der Waals surface area contributed by atoms with Crippen LogP contribution in [0.5, 0.6) is 0 Å². The third-order valence-electron chi connectivity index (χ3n) is 5.60. The number of sulfonamides is 1. The second-order valence-corrected chi connectivity index (χ2v) is 9.92. The van der Waals surface area contributed by atoms with E-state index in [1.165, 1.54) is 13.1 Å². The van der Waals surface area contributed by atoms with Crippen molar-refractivity contribution in [3.63, 3.8) is 0 Å². The molecule has 3 atom stereocenters. The maximum absolute atomic E-state index is 12.8. The van der Waals surface area contributed by atoms with E-state index >= 15 is 0 Å². The minimum absolute atomic E-state index is 0.0284. The molecule has 3 aliphatic rings. The van der Waals surface area contributed by atoms with Gasteiger partial charge >= 0.3 is 0 Å². The fourth-order valence-corrected chi connectivity index (χ4v) is 7.14. The van der Waals surface area contributed by atoms with E-state index in [1.54, 1.807) is 0 Å². The molecule has 1 aromatic heterocycles. The van der Waals surface area contributed by atoms with Gasteiger partial charge in [-0.1, -0.05) is 24.2 Å². The monoisotopic (exact) mass is 371 g/mol. The van der Waals surface area contributed by atoms with Gasteiger partial charge in [-0.05, 0) is 19.3 Å². The standard InChI is InChI=1S/C15H21N3O4S2/c1-9(19)17-14-16-8-11(23-14)24(20,21)18-12-10-4-7-22-13(10)15(12)5-2-3-6-15/h8,10,12-13,18H,2-7H2,1H3,(H,16,17,19). The maximum atomic E-state index is 12.8. The lowest BCUT2D eigenvalue weighted by Crippen LogP contribution is -2.68. The zero-order chi connectivity index (χ0) is 16.9. The Kier molecular flexibility index (Phi) is 3.94. The van der Waals surface area contributed by atoms with Crippen LogP contribution in [0.15, 0.2) is 10.4 Å². The van der Waals surface area contributed by atoms with Crippen LogP contribution < -0.4 is 10.0 Å². The molecule has 24 heavy (non-hydrogen) atoms. The quantitative estimate of drug-likeness (QED) is 0.840. The van der Waals surface area contributed by atoms with Crippen molar-refractivity contribution in [1.29, 1.82) is 0 Å². The summed E-state index contributed by atoms with van der Waals surface area (Å²) in [4.78, 5) is 15.0. The SMILES string of the molecule is CC(=O)Nc1ncc(S(=O)(=O)NC2C3CCOC3C23CCCC3)s1. The first-order valence-corrected chi connectivity index (χ1v) is 10.6. The first kappa shape index (κ1) is 16.4. The molecule has 1 aliphatic heterocycles. The average Bonchev–Trinajstić information content (AvgIpc) is 3.24. The van der Waals surface area contributed by atoms with Crippen molar-refractivity contribution in [3.05, 3.63) is 6.20 Å². The molecule has 4 rings (SSSR count). The first-order chi connectivity index (χ1) is 11.4. The van der Waals surface area contributed by atoms with Gasteiger partial charge in [-0.25, -0.2) is 18.1 Å². The van der Waals surface area contributed by atoms with E-state index in [2.05, 4.69) is 15.0 Å². The third kappa shape index (κ3) is 2.49. The summed E-state index contributed by atoms with van der Waals surface area (Å²) in [6.07, 6.45) is 6.77. The molecule has 132 valence electrons. The number of amides is 1. The van der Waals surface area contributed by atoms with E-state index in [0.717, 1.165) is 50.0 Å². The van der Waals surface area contributed by atoms with Gasteiger partial charge in [0.25, 0.3) is 10.0 Å². The summed E-state index contributed by atoms with van der Waals surface area (Å²) in [5.41, 5.74) is -0.0284. The van der Waals surface area contributed by atoms with Crippen LogP contribution in [0, 0.1) is 11.3 Å². The van der Waals surface area contributed by atoms with Crippen molar-refractivity contribution in [2.24, 2.45) is 11.3 Å². The highest BCUT2D eigenvalue weighted by atomic mass is 32.2. The van der Waals surface area contributed by atoms with Gasteiger partial charge in [-0.3, -0.25) is 4.79 Å². The number of anilines is 1. The number of ether oxygens (including phenoxy) is 1. The molecule has 2 N–H and O–H groups in total. The summed E-state index contributed by atoms with van der Waals surface area (Å²) in [7, 11) is -3.64. The lowest BCUT2D eigenvalue weighted by molar-refractivity contribution is -0.123. The highest BCUT2D eigenvalue weighted by molar-refractivity contribution is 7.91. The van der Waals surface area contributed by atoms with Crippen LogP contribution in [0.25, 0.3) is 0 Å². The number of carbonyl (C=O) groups excluding carboxylic acids is 1. The number of nitrogens with zero attached hydrogens (tertiary/aromatic N) is 1. The lowest BCUT2D eigenvalue weighted by atomic mass is 9.55. The Labute approximate surface area is 145 Å². The molecule has 1 amide bonds. The Hall–Kier alpha value is -1.03. The Morgan fingerprint density at radius 3 is 2.88 bits per heavy atom. The molecule has 2 aliphatic carbocycles. The molecule has 1 aromatic rings. The summed E-state index contributed by atoms with van der Waals surface area (Å²) < 4.78 is 34.5. The third-order valence-corrected chi connectivity index (χ3v) is 8.42. The van der Waals surface area contributed by atoms with Crippen LogP contribution in [0.3, 0.4) is 0 Å². The number of aromatic nitrogens is 1. The second-order valence-electron chi connectivity index (χ2n) is 6.95. The molecular formula is C15H21N3O4S2. The van der Waals surface area contributed by atoms with Gasteiger partial charge < -0.3 is 10.1 Å². The summed E-state index contributed by atoms with van der Waals surface area (Å²) in [5, 5.41) is 2.82. The first-order valence-electron chi connectivity index (χ1n) is 8.30. The van der Waals surface area contributed by atoms with E-state index in [4.69, 9.17) is 4.74 Å². The molecule has 9 heteroatoms. The van der Waals surface area contributed by atoms with Crippen LogP contribution in [0.1, 0.15) is 39.0 Å². The summed E-state index contributed by atoms with van der Waals surface area (Å²) in [6, 6.07) is -0.0520. The predicted octanol–water partition coefficient (Wildman–Crippen LogP) is 1.73. The highest BCUT2D eigenvalue weighted by Gasteiger charge is 2.65.